The van der Waals surface area contributed by atoms with E-state index in [1.54, 1.807) is 26.0 Å². The molecular formula is C11H13BrN2O3. The standard InChI is InChI=1S/C11H13BrN2O3/c1-7(2)14(6-10(15)16)11(17)9-4-3-8(12)5-13-9/h3-5,7H,6H2,1-2H3,(H,15,16). The molecule has 1 N–H and O–H groups in total. The second-order valence-electron chi connectivity index (χ2n) is 3.78. The Bertz CT molecular complexity index is 417. The molecule has 92 valence electrons. The van der Waals surface area contributed by atoms with Gasteiger partial charge in [0, 0.05) is 16.7 Å². The zero-order chi connectivity index (χ0) is 13.0. The summed E-state index contributed by atoms with van der Waals surface area (Å²) in [6.45, 7) is 3.20. The van der Waals surface area contributed by atoms with Crippen LogP contribution in [0.25, 0.3) is 0 Å². The maximum Gasteiger partial charge on any atom is 0.323 e. The van der Waals surface area contributed by atoms with E-state index in [1.807, 2.05) is 0 Å². The normalized spacial score (nSPS) is 10.4. The van der Waals surface area contributed by atoms with Crippen LogP contribution in [0.4, 0.5) is 0 Å². The molecule has 0 spiro atoms. The Morgan fingerprint density at radius 2 is 2.12 bits per heavy atom. The summed E-state index contributed by atoms with van der Waals surface area (Å²) in [5.41, 5.74) is 0.239. The van der Waals surface area contributed by atoms with Gasteiger partial charge in [-0.2, -0.15) is 0 Å². The molecule has 1 heterocycles. The molecule has 0 fully saturated rings. The SMILES string of the molecule is CC(C)N(CC(=O)O)C(=O)c1ccc(Br)cn1. The van der Waals surface area contributed by atoms with Crippen LogP contribution >= 0.6 is 15.9 Å². The zero-order valence-corrected chi connectivity index (χ0v) is 11.1. The Kier molecular flexibility index (Phi) is 4.62. The van der Waals surface area contributed by atoms with Crippen LogP contribution in [0.5, 0.6) is 0 Å². The first-order valence-corrected chi connectivity index (χ1v) is 5.85. The van der Waals surface area contributed by atoms with E-state index in [2.05, 4.69) is 20.9 Å². The number of nitrogens with zero attached hydrogens (tertiary/aromatic N) is 2. The minimum absolute atomic E-state index is 0.191. The van der Waals surface area contributed by atoms with E-state index in [-0.39, 0.29) is 24.2 Å². The minimum Gasteiger partial charge on any atom is -0.480 e. The third-order valence-electron chi connectivity index (χ3n) is 2.14. The lowest BCUT2D eigenvalue weighted by Crippen LogP contribution is -2.41. The number of carboxylic acid groups (broad SMARTS) is 1. The average Bonchev–Trinajstić information content (AvgIpc) is 2.25. The van der Waals surface area contributed by atoms with Gasteiger partial charge in [-0.3, -0.25) is 9.59 Å². The second kappa shape index (κ2) is 5.77. The smallest absolute Gasteiger partial charge is 0.323 e. The van der Waals surface area contributed by atoms with Crippen molar-refractivity contribution >= 4 is 27.8 Å². The van der Waals surface area contributed by atoms with Gasteiger partial charge in [0.2, 0.25) is 0 Å². The van der Waals surface area contributed by atoms with Gasteiger partial charge in [-0.05, 0) is 41.9 Å². The molecule has 0 saturated carbocycles. The second-order valence-corrected chi connectivity index (χ2v) is 4.70. The first-order valence-electron chi connectivity index (χ1n) is 5.06. The number of pyridine rings is 1. The summed E-state index contributed by atoms with van der Waals surface area (Å²) in [6.07, 6.45) is 1.51. The van der Waals surface area contributed by atoms with Crippen molar-refractivity contribution in [2.24, 2.45) is 0 Å². The van der Waals surface area contributed by atoms with Crippen molar-refractivity contribution in [2.45, 2.75) is 19.9 Å². The molecule has 0 unspecified atom stereocenters. The highest BCUT2D eigenvalue weighted by Gasteiger charge is 2.21. The molecule has 0 aliphatic heterocycles. The zero-order valence-electron chi connectivity index (χ0n) is 9.55. The number of carbonyl (C=O) groups excluding carboxylic acids is 1. The number of hydrogen-bond donors (Lipinski definition) is 1. The highest BCUT2D eigenvalue weighted by molar-refractivity contribution is 9.10. The fraction of sp³-hybridized carbons (Fsp3) is 0.364. The monoisotopic (exact) mass is 300 g/mol. The summed E-state index contributed by atoms with van der Waals surface area (Å²) < 4.78 is 0.767. The first kappa shape index (κ1) is 13.6. The molecule has 1 amide bonds. The third-order valence-corrected chi connectivity index (χ3v) is 2.61. The van der Waals surface area contributed by atoms with Crippen molar-refractivity contribution in [1.29, 1.82) is 0 Å². The van der Waals surface area contributed by atoms with Gasteiger partial charge in [0.15, 0.2) is 0 Å². The van der Waals surface area contributed by atoms with Crippen molar-refractivity contribution in [1.82, 2.24) is 9.88 Å². The number of hydrogen-bond acceptors (Lipinski definition) is 3. The van der Waals surface area contributed by atoms with Gasteiger partial charge in [0.1, 0.15) is 12.2 Å². The Balaban J connectivity index is 2.91. The Hall–Kier alpha value is -1.43. The molecule has 1 aromatic rings. The maximum atomic E-state index is 12.0. The van der Waals surface area contributed by atoms with E-state index in [1.165, 1.54) is 11.1 Å². The summed E-state index contributed by atoms with van der Waals surface area (Å²) in [5.74, 6) is -1.42. The van der Waals surface area contributed by atoms with Crippen molar-refractivity contribution in [3.8, 4) is 0 Å². The molecule has 1 rings (SSSR count). The van der Waals surface area contributed by atoms with E-state index >= 15 is 0 Å². The van der Waals surface area contributed by atoms with Crippen LogP contribution in [-0.2, 0) is 4.79 Å². The minimum atomic E-state index is -1.04. The molecular weight excluding hydrogens is 288 g/mol. The molecule has 0 aromatic carbocycles. The molecule has 6 heteroatoms. The Morgan fingerprint density at radius 3 is 2.53 bits per heavy atom. The van der Waals surface area contributed by atoms with Crippen molar-refractivity contribution in [3.05, 3.63) is 28.5 Å². The predicted octanol–water partition coefficient (Wildman–Crippen LogP) is 1.78. The summed E-state index contributed by atoms with van der Waals surface area (Å²) in [5, 5.41) is 8.75. The van der Waals surface area contributed by atoms with E-state index in [9.17, 15) is 9.59 Å². The van der Waals surface area contributed by atoms with Gasteiger partial charge in [0.05, 0.1) is 0 Å². The third kappa shape index (κ3) is 3.81. The van der Waals surface area contributed by atoms with E-state index in [0.717, 1.165) is 4.47 Å². The molecule has 0 radical (unpaired) electrons. The highest BCUT2D eigenvalue weighted by Crippen LogP contribution is 2.10. The van der Waals surface area contributed by atoms with Crippen LogP contribution in [-0.4, -0.2) is 39.5 Å². The highest BCUT2D eigenvalue weighted by atomic mass is 79.9. The van der Waals surface area contributed by atoms with Gasteiger partial charge in [0.25, 0.3) is 5.91 Å². The summed E-state index contributed by atoms with van der Waals surface area (Å²) in [6, 6.07) is 3.06. The largest absolute Gasteiger partial charge is 0.480 e. The van der Waals surface area contributed by atoms with E-state index in [4.69, 9.17) is 5.11 Å². The number of carboxylic acids is 1. The number of halogens is 1. The van der Waals surface area contributed by atoms with Crippen LogP contribution in [0.1, 0.15) is 24.3 Å². The molecule has 0 saturated heterocycles. The summed E-state index contributed by atoms with van der Waals surface area (Å²) in [4.78, 5) is 27.9. The number of carbonyl (C=O) groups is 2. The quantitative estimate of drug-likeness (QED) is 0.920. The summed E-state index contributed by atoms with van der Waals surface area (Å²) in [7, 11) is 0. The van der Waals surface area contributed by atoms with Crippen LogP contribution in [0.2, 0.25) is 0 Å². The lowest BCUT2D eigenvalue weighted by atomic mass is 10.2. The van der Waals surface area contributed by atoms with Crippen LogP contribution in [0, 0.1) is 0 Å². The fourth-order valence-electron chi connectivity index (χ4n) is 1.28. The molecule has 0 aliphatic rings. The molecule has 17 heavy (non-hydrogen) atoms. The molecule has 5 nitrogen and oxygen atoms in total. The number of aliphatic carboxylic acids is 1. The molecule has 0 atom stereocenters. The molecule has 0 aliphatic carbocycles. The van der Waals surface area contributed by atoms with Gasteiger partial charge in [-0.15, -0.1) is 0 Å². The van der Waals surface area contributed by atoms with Crippen LogP contribution in [0.15, 0.2) is 22.8 Å². The molecule has 0 bridgehead atoms. The van der Waals surface area contributed by atoms with E-state index < -0.39 is 5.97 Å². The number of aromatic nitrogens is 1. The summed E-state index contributed by atoms with van der Waals surface area (Å²) >= 11 is 3.22. The number of rotatable bonds is 4. The van der Waals surface area contributed by atoms with Crippen molar-refractivity contribution in [2.75, 3.05) is 6.54 Å². The van der Waals surface area contributed by atoms with Gasteiger partial charge < -0.3 is 10.0 Å². The average molecular weight is 301 g/mol. The predicted molar refractivity (Wildman–Crippen MR) is 65.7 cm³/mol. The van der Waals surface area contributed by atoms with Crippen molar-refractivity contribution in [3.63, 3.8) is 0 Å². The van der Waals surface area contributed by atoms with E-state index in [0.29, 0.717) is 0 Å². The van der Waals surface area contributed by atoms with Gasteiger partial charge in [-0.1, -0.05) is 0 Å². The lowest BCUT2D eigenvalue weighted by Gasteiger charge is -2.24. The molecule has 1 aromatic heterocycles. The van der Waals surface area contributed by atoms with Gasteiger partial charge >= 0.3 is 5.97 Å². The first-order chi connectivity index (χ1) is 7.91. The fourth-order valence-corrected chi connectivity index (χ4v) is 1.52. The number of amides is 1. The van der Waals surface area contributed by atoms with Crippen LogP contribution in [0.3, 0.4) is 0 Å². The topological polar surface area (TPSA) is 70.5 Å². The Morgan fingerprint density at radius 1 is 1.47 bits per heavy atom. The van der Waals surface area contributed by atoms with Crippen LogP contribution < -0.4 is 0 Å². The Labute approximate surface area is 108 Å². The lowest BCUT2D eigenvalue weighted by molar-refractivity contribution is -0.138. The van der Waals surface area contributed by atoms with Crippen molar-refractivity contribution < 1.29 is 14.7 Å². The maximum absolute atomic E-state index is 12.0. The van der Waals surface area contributed by atoms with Gasteiger partial charge in [-0.25, -0.2) is 4.98 Å².